The summed E-state index contributed by atoms with van der Waals surface area (Å²) in [4.78, 5) is 24.0. The molecule has 0 rings (SSSR count). The summed E-state index contributed by atoms with van der Waals surface area (Å²) in [5.74, 6) is -0.361. The molecule has 0 aliphatic carbocycles. The van der Waals surface area contributed by atoms with Gasteiger partial charge < -0.3 is 10.6 Å². The Morgan fingerprint density at radius 3 is 1.20 bits per heavy atom. The second-order valence-electron chi connectivity index (χ2n) is 8.97. The van der Waals surface area contributed by atoms with E-state index in [4.69, 9.17) is 0 Å². The minimum Gasteiger partial charge on any atom is -0.350 e. The standard InChI is InChI=1S/C26H50N2O2/c1-5-7-9-11-13-15-17-19-23(3)27-25(29)21-22-26(30)28-24(4)20-18-16-14-12-10-8-6-2/h21-24H,5-20H2,1-4H3,(H,27,29)(H,28,30)/b22-21-. The van der Waals surface area contributed by atoms with Crippen molar-refractivity contribution in [3.8, 4) is 0 Å². The van der Waals surface area contributed by atoms with E-state index in [-0.39, 0.29) is 23.9 Å². The van der Waals surface area contributed by atoms with Gasteiger partial charge in [-0.05, 0) is 26.7 Å². The smallest absolute Gasteiger partial charge is 0.244 e. The van der Waals surface area contributed by atoms with Crippen molar-refractivity contribution in [2.75, 3.05) is 0 Å². The van der Waals surface area contributed by atoms with Crippen LogP contribution in [0.15, 0.2) is 12.2 Å². The molecular formula is C26H50N2O2. The predicted octanol–water partition coefficient (Wildman–Crippen LogP) is 6.83. The summed E-state index contributed by atoms with van der Waals surface area (Å²) in [6, 6.07) is 0.300. The zero-order valence-corrected chi connectivity index (χ0v) is 20.4. The van der Waals surface area contributed by atoms with Gasteiger partial charge in [0, 0.05) is 24.2 Å². The van der Waals surface area contributed by atoms with Crippen molar-refractivity contribution in [1.82, 2.24) is 10.6 Å². The fourth-order valence-corrected chi connectivity index (χ4v) is 3.69. The first kappa shape index (κ1) is 28.7. The highest BCUT2D eigenvalue weighted by atomic mass is 16.2. The maximum absolute atomic E-state index is 12.0. The van der Waals surface area contributed by atoms with E-state index in [0.29, 0.717) is 0 Å². The summed E-state index contributed by atoms with van der Waals surface area (Å²) < 4.78 is 0. The van der Waals surface area contributed by atoms with Crippen LogP contribution in [0.4, 0.5) is 0 Å². The predicted molar refractivity (Wildman–Crippen MR) is 130 cm³/mol. The highest BCUT2D eigenvalue weighted by Crippen LogP contribution is 2.10. The van der Waals surface area contributed by atoms with Crippen LogP contribution in [0, 0.1) is 0 Å². The molecule has 0 aromatic carbocycles. The van der Waals surface area contributed by atoms with Gasteiger partial charge in [0.2, 0.25) is 11.8 Å². The third kappa shape index (κ3) is 20.0. The first-order chi connectivity index (χ1) is 14.5. The Kier molecular flexibility index (Phi) is 20.0. The van der Waals surface area contributed by atoms with Crippen molar-refractivity contribution in [1.29, 1.82) is 0 Å². The van der Waals surface area contributed by atoms with E-state index in [1.807, 2.05) is 13.8 Å². The minimum atomic E-state index is -0.180. The molecule has 0 bridgehead atoms. The molecule has 0 heterocycles. The molecule has 0 aliphatic rings. The lowest BCUT2D eigenvalue weighted by atomic mass is 10.1. The summed E-state index contributed by atoms with van der Waals surface area (Å²) in [5, 5.41) is 5.91. The lowest BCUT2D eigenvalue weighted by molar-refractivity contribution is -0.119. The topological polar surface area (TPSA) is 58.2 Å². The second kappa shape index (κ2) is 20.9. The number of nitrogens with one attached hydrogen (secondary N) is 2. The molecule has 0 aromatic heterocycles. The Labute approximate surface area is 187 Å². The number of carbonyl (C=O) groups excluding carboxylic acids is 2. The molecule has 2 N–H and O–H groups in total. The van der Waals surface area contributed by atoms with Gasteiger partial charge in [0.05, 0.1) is 0 Å². The molecular weight excluding hydrogens is 372 g/mol. The second-order valence-corrected chi connectivity index (χ2v) is 8.97. The quantitative estimate of drug-likeness (QED) is 0.167. The van der Waals surface area contributed by atoms with Crippen LogP contribution in [0.2, 0.25) is 0 Å². The highest BCUT2D eigenvalue weighted by molar-refractivity contribution is 5.96. The molecule has 4 heteroatoms. The Morgan fingerprint density at radius 2 is 0.867 bits per heavy atom. The van der Waals surface area contributed by atoms with E-state index >= 15 is 0 Å². The lowest BCUT2D eigenvalue weighted by Crippen LogP contribution is -2.33. The van der Waals surface area contributed by atoms with Crippen molar-refractivity contribution in [3.05, 3.63) is 12.2 Å². The summed E-state index contributed by atoms with van der Waals surface area (Å²) in [6.45, 7) is 8.54. The molecule has 0 saturated carbocycles. The monoisotopic (exact) mass is 422 g/mol. The van der Waals surface area contributed by atoms with Gasteiger partial charge in [0.1, 0.15) is 0 Å². The highest BCUT2D eigenvalue weighted by Gasteiger charge is 2.07. The third-order valence-electron chi connectivity index (χ3n) is 5.64. The van der Waals surface area contributed by atoms with E-state index in [0.717, 1.165) is 25.7 Å². The van der Waals surface area contributed by atoms with E-state index in [9.17, 15) is 9.59 Å². The van der Waals surface area contributed by atoms with Gasteiger partial charge in [-0.2, -0.15) is 0 Å². The van der Waals surface area contributed by atoms with Gasteiger partial charge in [-0.3, -0.25) is 9.59 Å². The molecule has 2 atom stereocenters. The fourth-order valence-electron chi connectivity index (χ4n) is 3.69. The molecule has 0 spiro atoms. The first-order valence-corrected chi connectivity index (χ1v) is 12.8. The van der Waals surface area contributed by atoms with Gasteiger partial charge in [-0.25, -0.2) is 0 Å². The molecule has 0 aromatic rings. The molecule has 0 fully saturated rings. The minimum absolute atomic E-state index is 0.150. The number of hydrogen-bond donors (Lipinski definition) is 2. The molecule has 2 amide bonds. The number of rotatable bonds is 20. The summed E-state index contributed by atoms with van der Waals surface area (Å²) >= 11 is 0. The van der Waals surface area contributed by atoms with Crippen molar-refractivity contribution >= 4 is 11.8 Å². The zero-order valence-electron chi connectivity index (χ0n) is 20.4. The Bertz CT molecular complexity index is 408. The van der Waals surface area contributed by atoms with E-state index in [1.165, 1.54) is 89.2 Å². The van der Waals surface area contributed by atoms with Gasteiger partial charge in [0.25, 0.3) is 0 Å². The van der Waals surface area contributed by atoms with E-state index in [1.54, 1.807) is 0 Å². The van der Waals surface area contributed by atoms with E-state index < -0.39 is 0 Å². The van der Waals surface area contributed by atoms with Crippen molar-refractivity contribution < 1.29 is 9.59 Å². The molecule has 0 aliphatic heterocycles. The normalized spacial score (nSPS) is 13.3. The largest absolute Gasteiger partial charge is 0.350 e. The van der Waals surface area contributed by atoms with Gasteiger partial charge in [0.15, 0.2) is 0 Å². The Hall–Kier alpha value is -1.32. The number of carbonyl (C=O) groups is 2. The van der Waals surface area contributed by atoms with E-state index in [2.05, 4.69) is 24.5 Å². The van der Waals surface area contributed by atoms with Crippen molar-refractivity contribution in [2.45, 2.75) is 143 Å². The molecule has 0 saturated heterocycles. The average Bonchev–Trinajstić information content (AvgIpc) is 2.71. The SMILES string of the molecule is CCCCCCCCCC(C)NC(=O)/C=C\C(=O)NC(C)CCCCCCCCC. The molecule has 2 unspecified atom stereocenters. The van der Waals surface area contributed by atoms with Crippen molar-refractivity contribution in [3.63, 3.8) is 0 Å². The third-order valence-corrected chi connectivity index (χ3v) is 5.64. The van der Waals surface area contributed by atoms with Crippen LogP contribution in [0.5, 0.6) is 0 Å². The van der Waals surface area contributed by atoms with Gasteiger partial charge in [-0.1, -0.05) is 104 Å². The Balaban J connectivity index is 3.76. The van der Waals surface area contributed by atoms with Crippen LogP contribution in [0.1, 0.15) is 130 Å². The molecule has 0 radical (unpaired) electrons. The molecule has 176 valence electrons. The molecule has 4 nitrogen and oxygen atoms in total. The average molecular weight is 423 g/mol. The maximum atomic E-state index is 12.0. The fraction of sp³-hybridized carbons (Fsp3) is 0.846. The van der Waals surface area contributed by atoms with Crippen molar-refractivity contribution in [2.24, 2.45) is 0 Å². The van der Waals surface area contributed by atoms with Crippen LogP contribution < -0.4 is 10.6 Å². The van der Waals surface area contributed by atoms with Gasteiger partial charge in [-0.15, -0.1) is 0 Å². The Morgan fingerprint density at radius 1 is 0.567 bits per heavy atom. The maximum Gasteiger partial charge on any atom is 0.244 e. The summed E-state index contributed by atoms with van der Waals surface area (Å²) in [7, 11) is 0. The van der Waals surface area contributed by atoms with Crippen LogP contribution >= 0.6 is 0 Å². The number of amides is 2. The van der Waals surface area contributed by atoms with Crippen LogP contribution in [0.3, 0.4) is 0 Å². The van der Waals surface area contributed by atoms with Gasteiger partial charge >= 0.3 is 0 Å². The summed E-state index contributed by atoms with van der Waals surface area (Å²) in [6.07, 6.45) is 22.6. The first-order valence-electron chi connectivity index (χ1n) is 12.8. The molecule has 30 heavy (non-hydrogen) atoms. The zero-order chi connectivity index (χ0) is 22.5. The van der Waals surface area contributed by atoms with Crippen LogP contribution in [0.25, 0.3) is 0 Å². The van der Waals surface area contributed by atoms with Crippen LogP contribution in [-0.4, -0.2) is 23.9 Å². The number of hydrogen-bond acceptors (Lipinski definition) is 2. The number of unbranched alkanes of at least 4 members (excludes halogenated alkanes) is 12. The lowest BCUT2D eigenvalue weighted by Gasteiger charge is -2.13. The van der Waals surface area contributed by atoms with Crippen LogP contribution in [-0.2, 0) is 9.59 Å². The summed E-state index contributed by atoms with van der Waals surface area (Å²) in [5.41, 5.74) is 0.